The molecule has 1 amide bonds. The fraction of sp³-hybridized carbons (Fsp3) is 0.429. The van der Waals surface area contributed by atoms with Gasteiger partial charge in [-0.1, -0.05) is 30.3 Å². The van der Waals surface area contributed by atoms with Crippen LogP contribution in [0.1, 0.15) is 5.56 Å². The van der Waals surface area contributed by atoms with Crippen molar-refractivity contribution in [2.45, 2.75) is 18.5 Å². The minimum atomic E-state index is -1.06. The zero-order chi connectivity index (χ0) is 14.5. The van der Waals surface area contributed by atoms with Crippen LogP contribution in [0.4, 0.5) is 0 Å². The molecule has 1 aromatic carbocycles. The minimum absolute atomic E-state index is 0.0130. The highest BCUT2D eigenvalue weighted by Crippen LogP contribution is 2.11. The van der Waals surface area contributed by atoms with Crippen LogP contribution in [-0.4, -0.2) is 53.7 Å². The van der Waals surface area contributed by atoms with Gasteiger partial charge in [0.15, 0.2) is 6.04 Å². The second kappa shape index (κ2) is 6.49. The van der Waals surface area contributed by atoms with Gasteiger partial charge in [-0.25, -0.2) is 4.79 Å². The van der Waals surface area contributed by atoms with Crippen molar-refractivity contribution < 1.29 is 19.4 Å². The number of carboxylic acids is 1. The lowest BCUT2D eigenvalue weighted by Crippen LogP contribution is -2.57. The first-order chi connectivity index (χ1) is 9.59. The van der Waals surface area contributed by atoms with Crippen molar-refractivity contribution in [3.63, 3.8) is 0 Å². The molecule has 0 saturated carbocycles. The average Bonchev–Trinajstić information content (AvgIpc) is 2.47. The Morgan fingerprint density at radius 1 is 1.40 bits per heavy atom. The topological polar surface area (TPSA) is 92.9 Å². The molecule has 0 radical (unpaired) electrons. The number of nitrogens with zero attached hydrogens (tertiary/aromatic N) is 1. The Bertz CT molecular complexity index is 477. The normalized spacial score (nSPS) is 20.4. The van der Waals surface area contributed by atoms with Crippen LogP contribution >= 0.6 is 0 Å². The summed E-state index contributed by atoms with van der Waals surface area (Å²) in [6, 6.07) is 7.74. The second-order valence-electron chi connectivity index (χ2n) is 4.76. The molecular weight excluding hydrogens is 260 g/mol. The number of aliphatic carboxylic acids is 1. The van der Waals surface area contributed by atoms with Crippen molar-refractivity contribution in [3.8, 4) is 0 Å². The molecule has 2 rings (SSSR count). The van der Waals surface area contributed by atoms with Gasteiger partial charge >= 0.3 is 5.97 Å². The summed E-state index contributed by atoms with van der Waals surface area (Å²) in [4.78, 5) is 24.7. The molecule has 0 bridgehead atoms. The van der Waals surface area contributed by atoms with Gasteiger partial charge in [0.1, 0.15) is 0 Å². The summed E-state index contributed by atoms with van der Waals surface area (Å²) in [6.45, 7) is 0.616. The Balaban J connectivity index is 2.03. The van der Waals surface area contributed by atoms with Crippen molar-refractivity contribution in [3.05, 3.63) is 35.9 Å². The van der Waals surface area contributed by atoms with E-state index >= 15 is 0 Å². The summed E-state index contributed by atoms with van der Waals surface area (Å²) in [6.07, 6.45) is 0.392. The first-order valence-corrected chi connectivity index (χ1v) is 6.50. The maximum atomic E-state index is 12.3. The number of morpholine rings is 1. The summed E-state index contributed by atoms with van der Waals surface area (Å²) < 4.78 is 5.11. The molecule has 1 saturated heterocycles. The first-order valence-electron chi connectivity index (χ1n) is 6.50. The van der Waals surface area contributed by atoms with Gasteiger partial charge in [-0.05, 0) is 12.0 Å². The van der Waals surface area contributed by atoms with Gasteiger partial charge < -0.3 is 20.5 Å². The van der Waals surface area contributed by atoms with Crippen molar-refractivity contribution in [1.29, 1.82) is 0 Å². The number of benzene rings is 1. The van der Waals surface area contributed by atoms with E-state index in [0.717, 1.165) is 5.56 Å². The number of ether oxygens (including phenoxy) is 1. The van der Waals surface area contributed by atoms with Gasteiger partial charge in [-0.15, -0.1) is 0 Å². The molecule has 1 aliphatic rings. The molecule has 2 atom stereocenters. The van der Waals surface area contributed by atoms with Crippen molar-refractivity contribution in [2.24, 2.45) is 5.73 Å². The zero-order valence-corrected chi connectivity index (χ0v) is 11.1. The lowest BCUT2D eigenvalue weighted by molar-refractivity contribution is -0.158. The quantitative estimate of drug-likeness (QED) is 0.800. The molecule has 0 aromatic heterocycles. The van der Waals surface area contributed by atoms with E-state index in [1.807, 2.05) is 30.3 Å². The Kier molecular flexibility index (Phi) is 4.70. The van der Waals surface area contributed by atoms with Gasteiger partial charge in [0.05, 0.1) is 19.3 Å². The maximum Gasteiger partial charge on any atom is 0.328 e. The summed E-state index contributed by atoms with van der Waals surface area (Å²) in [5.74, 6) is -1.41. The Morgan fingerprint density at radius 3 is 2.75 bits per heavy atom. The number of carbonyl (C=O) groups is 2. The average molecular weight is 278 g/mol. The van der Waals surface area contributed by atoms with E-state index in [9.17, 15) is 9.59 Å². The third-order valence-corrected chi connectivity index (χ3v) is 3.31. The highest BCUT2D eigenvalue weighted by Gasteiger charge is 2.34. The summed E-state index contributed by atoms with van der Waals surface area (Å²) in [7, 11) is 0. The van der Waals surface area contributed by atoms with Crippen molar-refractivity contribution >= 4 is 11.9 Å². The van der Waals surface area contributed by atoms with Crippen LogP contribution in [0.5, 0.6) is 0 Å². The van der Waals surface area contributed by atoms with Crippen LogP contribution in [0.25, 0.3) is 0 Å². The Labute approximate surface area is 117 Å². The van der Waals surface area contributed by atoms with Crippen LogP contribution in [0.3, 0.4) is 0 Å². The molecule has 1 fully saturated rings. The van der Waals surface area contributed by atoms with E-state index < -0.39 is 18.1 Å². The standard InChI is InChI=1S/C14H18N2O4/c15-11(8-10-4-2-1-3-5-10)13(17)16-6-7-20-9-12(16)14(18)19/h1-5,11-12H,6-9,15H2,(H,18,19). The number of hydrogen-bond acceptors (Lipinski definition) is 4. The van der Waals surface area contributed by atoms with Gasteiger partial charge in [-0.3, -0.25) is 4.79 Å². The van der Waals surface area contributed by atoms with Gasteiger partial charge in [-0.2, -0.15) is 0 Å². The molecule has 0 spiro atoms. The Hall–Kier alpha value is -1.92. The fourth-order valence-electron chi connectivity index (χ4n) is 2.24. The molecule has 6 nitrogen and oxygen atoms in total. The number of amides is 1. The van der Waals surface area contributed by atoms with Crippen LogP contribution in [0.2, 0.25) is 0 Å². The maximum absolute atomic E-state index is 12.3. The monoisotopic (exact) mass is 278 g/mol. The second-order valence-corrected chi connectivity index (χ2v) is 4.76. The highest BCUT2D eigenvalue weighted by molar-refractivity contribution is 5.87. The zero-order valence-electron chi connectivity index (χ0n) is 11.1. The molecule has 1 heterocycles. The molecule has 6 heteroatoms. The molecule has 108 valence electrons. The predicted molar refractivity (Wildman–Crippen MR) is 72.1 cm³/mol. The first kappa shape index (κ1) is 14.5. The van der Waals surface area contributed by atoms with E-state index in [1.54, 1.807) is 0 Å². The number of nitrogens with two attached hydrogens (primary N) is 1. The molecule has 0 aliphatic carbocycles. The third kappa shape index (κ3) is 3.34. The van der Waals surface area contributed by atoms with Crippen LogP contribution in [0, 0.1) is 0 Å². The van der Waals surface area contributed by atoms with Gasteiger partial charge in [0, 0.05) is 6.54 Å². The lowest BCUT2D eigenvalue weighted by atomic mass is 10.0. The fourth-order valence-corrected chi connectivity index (χ4v) is 2.24. The number of carboxylic acid groups (broad SMARTS) is 1. The van der Waals surface area contributed by atoms with Crippen LogP contribution < -0.4 is 5.73 Å². The summed E-state index contributed by atoms with van der Waals surface area (Å²) in [5, 5.41) is 9.11. The lowest BCUT2D eigenvalue weighted by Gasteiger charge is -2.34. The third-order valence-electron chi connectivity index (χ3n) is 3.31. The molecular formula is C14H18N2O4. The Morgan fingerprint density at radius 2 is 2.10 bits per heavy atom. The molecule has 3 N–H and O–H groups in total. The minimum Gasteiger partial charge on any atom is -0.480 e. The summed E-state index contributed by atoms with van der Waals surface area (Å²) >= 11 is 0. The molecule has 20 heavy (non-hydrogen) atoms. The molecule has 1 aromatic rings. The van der Waals surface area contributed by atoms with Crippen molar-refractivity contribution in [2.75, 3.05) is 19.8 Å². The van der Waals surface area contributed by atoms with Crippen molar-refractivity contribution in [1.82, 2.24) is 4.90 Å². The molecule has 1 aliphatic heterocycles. The van der Waals surface area contributed by atoms with E-state index in [-0.39, 0.29) is 19.1 Å². The highest BCUT2D eigenvalue weighted by atomic mass is 16.5. The van der Waals surface area contributed by atoms with E-state index in [4.69, 9.17) is 15.6 Å². The van der Waals surface area contributed by atoms with E-state index in [0.29, 0.717) is 13.0 Å². The van der Waals surface area contributed by atoms with Crippen LogP contribution in [0.15, 0.2) is 30.3 Å². The van der Waals surface area contributed by atoms with Gasteiger partial charge in [0.25, 0.3) is 0 Å². The van der Waals surface area contributed by atoms with E-state index in [2.05, 4.69) is 0 Å². The number of carbonyl (C=O) groups excluding carboxylic acids is 1. The van der Waals surface area contributed by atoms with Gasteiger partial charge in [0.2, 0.25) is 5.91 Å². The largest absolute Gasteiger partial charge is 0.480 e. The smallest absolute Gasteiger partial charge is 0.328 e. The molecule has 2 unspecified atom stereocenters. The van der Waals surface area contributed by atoms with Crippen LogP contribution in [-0.2, 0) is 20.7 Å². The predicted octanol–water partition coefficient (Wildman–Crippen LogP) is -0.132. The number of rotatable bonds is 4. The summed E-state index contributed by atoms with van der Waals surface area (Å²) in [5.41, 5.74) is 6.87. The van der Waals surface area contributed by atoms with E-state index in [1.165, 1.54) is 4.90 Å². The number of hydrogen-bond donors (Lipinski definition) is 2. The SMILES string of the molecule is NC(Cc1ccccc1)C(=O)N1CCOCC1C(=O)O.